The molecular formula is C7H12ClN3OS. The molecule has 0 radical (unpaired) electrons. The van der Waals surface area contributed by atoms with Crippen molar-refractivity contribution in [2.75, 3.05) is 6.26 Å². The standard InChI is InChI=1S/C7H12ClN3OS/c1-6(13(2)12)4-11-5-9-10-7(11)3-8/h5-6H,3-4H2,1-2H3. The Bertz CT molecular complexity index is 302. The maximum absolute atomic E-state index is 11.1. The van der Waals surface area contributed by atoms with Crippen molar-refractivity contribution < 1.29 is 4.21 Å². The van der Waals surface area contributed by atoms with Gasteiger partial charge < -0.3 is 4.57 Å². The first kappa shape index (κ1) is 10.7. The Morgan fingerprint density at radius 2 is 2.46 bits per heavy atom. The number of rotatable bonds is 4. The molecule has 0 saturated heterocycles. The Kier molecular flexibility index (Phi) is 3.87. The second-order valence-corrected chi connectivity index (χ2v) is 4.91. The molecule has 4 nitrogen and oxygen atoms in total. The molecule has 6 heteroatoms. The van der Waals surface area contributed by atoms with E-state index in [1.54, 1.807) is 12.6 Å². The van der Waals surface area contributed by atoms with E-state index in [0.717, 1.165) is 5.82 Å². The van der Waals surface area contributed by atoms with Gasteiger partial charge in [-0.05, 0) is 6.92 Å². The smallest absolute Gasteiger partial charge is 0.147 e. The Labute approximate surface area is 84.8 Å². The van der Waals surface area contributed by atoms with Crippen LogP contribution in [0.3, 0.4) is 0 Å². The molecule has 2 atom stereocenters. The zero-order valence-corrected chi connectivity index (χ0v) is 9.18. The van der Waals surface area contributed by atoms with Gasteiger partial charge in [-0.1, -0.05) is 0 Å². The SMILES string of the molecule is CC(Cn1cnnc1CCl)S(C)=O. The maximum Gasteiger partial charge on any atom is 0.147 e. The van der Waals surface area contributed by atoms with Gasteiger partial charge in [-0.15, -0.1) is 21.8 Å². The fraction of sp³-hybridized carbons (Fsp3) is 0.714. The van der Waals surface area contributed by atoms with Crippen molar-refractivity contribution in [3.8, 4) is 0 Å². The van der Waals surface area contributed by atoms with E-state index in [2.05, 4.69) is 10.2 Å². The molecule has 0 amide bonds. The minimum Gasteiger partial charge on any atom is -0.315 e. The molecule has 0 fully saturated rings. The highest BCUT2D eigenvalue weighted by molar-refractivity contribution is 7.84. The lowest BCUT2D eigenvalue weighted by atomic mass is 10.4. The maximum atomic E-state index is 11.1. The third kappa shape index (κ3) is 2.77. The first-order chi connectivity index (χ1) is 6.15. The predicted molar refractivity (Wildman–Crippen MR) is 53.1 cm³/mol. The van der Waals surface area contributed by atoms with Gasteiger partial charge in [-0.25, -0.2) is 0 Å². The molecule has 0 spiro atoms. The van der Waals surface area contributed by atoms with E-state index in [9.17, 15) is 4.21 Å². The normalized spacial score (nSPS) is 15.6. The predicted octanol–water partition coefficient (Wildman–Crippen LogP) is 0.784. The number of halogens is 1. The summed E-state index contributed by atoms with van der Waals surface area (Å²) in [4.78, 5) is 0. The van der Waals surface area contributed by atoms with Crippen molar-refractivity contribution in [3.05, 3.63) is 12.2 Å². The van der Waals surface area contributed by atoms with Crippen molar-refractivity contribution in [2.45, 2.75) is 24.6 Å². The second kappa shape index (κ2) is 4.72. The van der Waals surface area contributed by atoms with E-state index in [1.807, 2.05) is 11.5 Å². The quantitative estimate of drug-likeness (QED) is 0.707. The average molecular weight is 222 g/mol. The van der Waals surface area contributed by atoms with Crippen LogP contribution in [-0.2, 0) is 23.2 Å². The monoisotopic (exact) mass is 221 g/mol. The van der Waals surface area contributed by atoms with Crippen LogP contribution >= 0.6 is 11.6 Å². The van der Waals surface area contributed by atoms with Crippen molar-refractivity contribution in [2.24, 2.45) is 0 Å². The topological polar surface area (TPSA) is 47.8 Å². The lowest BCUT2D eigenvalue weighted by Crippen LogP contribution is -2.18. The first-order valence-electron chi connectivity index (χ1n) is 3.90. The summed E-state index contributed by atoms with van der Waals surface area (Å²) in [6.07, 6.45) is 3.30. The van der Waals surface area contributed by atoms with Gasteiger partial charge in [0.05, 0.1) is 5.88 Å². The second-order valence-electron chi connectivity index (χ2n) is 2.84. The fourth-order valence-electron chi connectivity index (χ4n) is 0.917. The first-order valence-corrected chi connectivity index (χ1v) is 6.05. The lowest BCUT2D eigenvalue weighted by Gasteiger charge is -2.09. The molecule has 1 heterocycles. The lowest BCUT2D eigenvalue weighted by molar-refractivity contribution is 0.631. The summed E-state index contributed by atoms with van der Waals surface area (Å²) in [7, 11) is -0.825. The summed E-state index contributed by atoms with van der Waals surface area (Å²) < 4.78 is 12.9. The van der Waals surface area contributed by atoms with E-state index in [0.29, 0.717) is 12.4 Å². The zero-order chi connectivity index (χ0) is 9.84. The van der Waals surface area contributed by atoms with Crippen molar-refractivity contribution in [3.63, 3.8) is 0 Å². The van der Waals surface area contributed by atoms with Gasteiger partial charge in [0.1, 0.15) is 12.2 Å². The van der Waals surface area contributed by atoms with Gasteiger partial charge in [0, 0.05) is 28.9 Å². The molecule has 0 aliphatic carbocycles. The molecule has 13 heavy (non-hydrogen) atoms. The summed E-state index contributed by atoms with van der Waals surface area (Å²) in [6.45, 7) is 2.58. The van der Waals surface area contributed by atoms with Crippen LogP contribution in [0.15, 0.2) is 6.33 Å². The molecule has 2 unspecified atom stereocenters. The Balaban J connectivity index is 2.68. The van der Waals surface area contributed by atoms with Crippen LogP contribution < -0.4 is 0 Å². The van der Waals surface area contributed by atoms with Gasteiger partial charge in [0.2, 0.25) is 0 Å². The molecule has 1 rings (SSSR count). The van der Waals surface area contributed by atoms with Gasteiger partial charge >= 0.3 is 0 Å². The van der Waals surface area contributed by atoms with Gasteiger partial charge in [-0.3, -0.25) is 4.21 Å². The van der Waals surface area contributed by atoms with Crippen LogP contribution in [0.2, 0.25) is 0 Å². The highest BCUT2D eigenvalue weighted by Crippen LogP contribution is 2.03. The molecular weight excluding hydrogens is 210 g/mol. The van der Waals surface area contributed by atoms with E-state index in [4.69, 9.17) is 11.6 Å². The molecule has 74 valence electrons. The Morgan fingerprint density at radius 1 is 1.77 bits per heavy atom. The summed E-state index contributed by atoms with van der Waals surface area (Å²) >= 11 is 5.64. The van der Waals surface area contributed by atoms with Crippen LogP contribution in [0.5, 0.6) is 0 Å². The number of hydrogen-bond donors (Lipinski definition) is 0. The number of nitrogens with zero attached hydrogens (tertiary/aromatic N) is 3. The van der Waals surface area contributed by atoms with E-state index < -0.39 is 10.8 Å². The van der Waals surface area contributed by atoms with Gasteiger partial charge in [0.15, 0.2) is 0 Å². The minimum atomic E-state index is -0.825. The third-order valence-electron chi connectivity index (χ3n) is 1.84. The Hall–Kier alpha value is -0.420. The van der Waals surface area contributed by atoms with Crippen molar-refractivity contribution in [1.29, 1.82) is 0 Å². The van der Waals surface area contributed by atoms with E-state index in [-0.39, 0.29) is 5.25 Å². The van der Waals surface area contributed by atoms with Crippen LogP contribution in [0.1, 0.15) is 12.7 Å². The number of aromatic nitrogens is 3. The van der Waals surface area contributed by atoms with Crippen LogP contribution in [0, 0.1) is 0 Å². The minimum absolute atomic E-state index is 0.0953. The molecule has 0 N–H and O–H groups in total. The molecule has 0 saturated carbocycles. The molecule has 0 aromatic carbocycles. The molecule has 0 aliphatic rings. The third-order valence-corrected chi connectivity index (χ3v) is 3.36. The van der Waals surface area contributed by atoms with Crippen LogP contribution in [-0.4, -0.2) is 30.5 Å². The summed E-state index contributed by atoms with van der Waals surface area (Å²) in [6, 6.07) is 0. The van der Waals surface area contributed by atoms with Gasteiger partial charge in [0.25, 0.3) is 0 Å². The molecule has 0 bridgehead atoms. The zero-order valence-electron chi connectivity index (χ0n) is 7.61. The number of alkyl halides is 1. The van der Waals surface area contributed by atoms with Crippen molar-refractivity contribution in [1.82, 2.24) is 14.8 Å². The fourth-order valence-corrected chi connectivity index (χ4v) is 1.49. The summed E-state index contributed by atoms with van der Waals surface area (Å²) in [5, 5.41) is 7.66. The average Bonchev–Trinajstić information content (AvgIpc) is 2.51. The van der Waals surface area contributed by atoms with Crippen molar-refractivity contribution >= 4 is 22.4 Å². The van der Waals surface area contributed by atoms with Crippen LogP contribution in [0.25, 0.3) is 0 Å². The highest BCUT2D eigenvalue weighted by Gasteiger charge is 2.09. The highest BCUT2D eigenvalue weighted by atomic mass is 35.5. The molecule has 1 aromatic rings. The summed E-state index contributed by atoms with van der Waals surface area (Å²) in [5.41, 5.74) is 0. The van der Waals surface area contributed by atoms with E-state index >= 15 is 0 Å². The molecule has 1 aromatic heterocycles. The van der Waals surface area contributed by atoms with Crippen LogP contribution in [0.4, 0.5) is 0 Å². The van der Waals surface area contributed by atoms with E-state index in [1.165, 1.54) is 0 Å². The molecule has 0 aliphatic heterocycles. The summed E-state index contributed by atoms with van der Waals surface area (Å²) in [5.74, 6) is 1.06. The number of hydrogen-bond acceptors (Lipinski definition) is 3. The van der Waals surface area contributed by atoms with Gasteiger partial charge in [-0.2, -0.15) is 0 Å². The largest absolute Gasteiger partial charge is 0.315 e. The Morgan fingerprint density at radius 3 is 3.00 bits per heavy atom.